The van der Waals surface area contributed by atoms with E-state index in [4.69, 9.17) is 4.74 Å². The van der Waals surface area contributed by atoms with Gasteiger partial charge in [0, 0.05) is 4.47 Å². The number of ether oxygens (including phenoxy) is 1. The maximum atomic E-state index is 11.5. The molecule has 3 nitrogen and oxygen atoms in total. The summed E-state index contributed by atoms with van der Waals surface area (Å²) in [4.78, 5) is 11.5. The standard InChI is InChI=1S/C19H15BrO3/c1-12-10-15(7-9-17(12)20)18(19(21)22)23-16-8-6-13-4-2-3-5-14(13)11-16/h2-11,18H,1H3,(H,21,22)/p-1. The maximum absolute atomic E-state index is 11.5. The van der Waals surface area contributed by atoms with E-state index in [-0.39, 0.29) is 0 Å². The molecule has 0 radical (unpaired) electrons. The molecule has 0 amide bonds. The van der Waals surface area contributed by atoms with E-state index < -0.39 is 12.1 Å². The van der Waals surface area contributed by atoms with Gasteiger partial charge in [-0.25, -0.2) is 0 Å². The van der Waals surface area contributed by atoms with E-state index in [0.717, 1.165) is 20.8 Å². The number of aliphatic carboxylic acids is 1. The fourth-order valence-corrected chi connectivity index (χ4v) is 2.71. The van der Waals surface area contributed by atoms with Gasteiger partial charge in [-0.05, 0) is 47.0 Å². The van der Waals surface area contributed by atoms with Crippen molar-refractivity contribution < 1.29 is 14.6 Å². The first-order valence-electron chi connectivity index (χ1n) is 7.17. The van der Waals surface area contributed by atoms with Crippen molar-refractivity contribution in [2.45, 2.75) is 13.0 Å². The number of rotatable bonds is 4. The van der Waals surface area contributed by atoms with Crippen LogP contribution >= 0.6 is 15.9 Å². The molecule has 0 aliphatic heterocycles. The molecule has 23 heavy (non-hydrogen) atoms. The minimum Gasteiger partial charge on any atom is -0.546 e. The number of hydrogen-bond acceptors (Lipinski definition) is 3. The first kappa shape index (κ1) is 15.6. The molecule has 0 spiro atoms. The maximum Gasteiger partial charge on any atom is 0.163 e. The van der Waals surface area contributed by atoms with Gasteiger partial charge in [-0.1, -0.05) is 58.4 Å². The number of aryl methyl sites for hydroxylation is 1. The summed E-state index contributed by atoms with van der Waals surface area (Å²) in [6, 6.07) is 18.7. The number of halogens is 1. The molecule has 0 fully saturated rings. The lowest BCUT2D eigenvalue weighted by Crippen LogP contribution is -2.33. The number of carboxylic acids is 1. The van der Waals surface area contributed by atoms with E-state index in [9.17, 15) is 9.90 Å². The monoisotopic (exact) mass is 369 g/mol. The average molecular weight is 370 g/mol. The summed E-state index contributed by atoms with van der Waals surface area (Å²) in [5.74, 6) is -0.765. The Bertz CT molecular complexity index is 873. The highest BCUT2D eigenvalue weighted by molar-refractivity contribution is 9.10. The van der Waals surface area contributed by atoms with E-state index in [1.54, 1.807) is 18.2 Å². The van der Waals surface area contributed by atoms with Crippen LogP contribution in [0.5, 0.6) is 5.75 Å². The molecule has 0 heterocycles. The Morgan fingerprint density at radius 3 is 2.48 bits per heavy atom. The number of carbonyl (C=O) groups excluding carboxylic acids is 1. The normalized spacial score (nSPS) is 12.1. The van der Waals surface area contributed by atoms with Gasteiger partial charge >= 0.3 is 0 Å². The quantitative estimate of drug-likeness (QED) is 0.702. The molecule has 0 bridgehead atoms. The van der Waals surface area contributed by atoms with Crippen LogP contribution in [0, 0.1) is 6.92 Å². The molecule has 0 aromatic heterocycles. The molecule has 3 rings (SSSR count). The Balaban J connectivity index is 1.94. The summed E-state index contributed by atoms with van der Waals surface area (Å²) in [6.45, 7) is 1.90. The largest absolute Gasteiger partial charge is 0.546 e. The summed E-state index contributed by atoms with van der Waals surface area (Å²) < 4.78 is 6.61. The molecule has 0 aliphatic rings. The van der Waals surface area contributed by atoms with Crippen molar-refractivity contribution in [3.8, 4) is 5.75 Å². The summed E-state index contributed by atoms with van der Waals surface area (Å²) in [7, 11) is 0. The summed E-state index contributed by atoms with van der Waals surface area (Å²) >= 11 is 3.41. The van der Waals surface area contributed by atoms with Crippen molar-refractivity contribution in [3.05, 3.63) is 76.3 Å². The Labute approximate surface area is 142 Å². The van der Waals surface area contributed by atoms with Gasteiger partial charge in [0.25, 0.3) is 0 Å². The van der Waals surface area contributed by atoms with Crippen LogP contribution in [0.1, 0.15) is 17.2 Å². The van der Waals surface area contributed by atoms with Crippen molar-refractivity contribution in [3.63, 3.8) is 0 Å². The SMILES string of the molecule is Cc1cc(C(Oc2ccc3ccccc3c2)C(=O)[O-])ccc1Br. The highest BCUT2D eigenvalue weighted by Crippen LogP contribution is 2.27. The zero-order valence-corrected chi connectivity index (χ0v) is 14.0. The van der Waals surface area contributed by atoms with Crippen LogP contribution in [-0.2, 0) is 4.79 Å². The van der Waals surface area contributed by atoms with Crippen LogP contribution in [0.3, 0.4) is 0 Å². The van der Waals surface area contributed by atoms with Crippen molar-refractivity contribution in [2.24, 2.45) is 0 Å². The highest BCUT2D eigenvalue weighted by Gasteiger charge is 2.16. The van der Waals surface area contributed by atoms with Gasteiger partial charge in [0.1, 0.15) is 5.75 Å². The number of fused-ring (bicyclic) bond motifs is 1. The van der Waals surface area contributed by atoms with Gasteiger partial charge in [0.2, 0.25) is 0 Å². The van der Waals surface area contributed by atoms with Crippen LogP contribution in [0.2, 0.25) is 0 Å². The molecule has 0 aliphatic carbocycles. The van der Waals surface area contributed by atoms with Gasteiger partial charge < -0.3 is 14.6 Å². The Morgan fingerprint density at radius 2 is 1.78 bits per heavy atom. The molecule has 1 atom stereocenters. The number of carboxylic acid groups (broad SMARTS) is 1. The molecular formula is C19H14BrO3-. The second-order valence-corrected chi connectivity index (χ2v) is 6.19. The van der Waals surface area contributed by atoms with Crippen LogP contribution in [0.15, 0.2) is 65.1 Å². The van der Waals surface area contributed by atoms with E-state index in [0.29, 0.717) is 11.3 Å². The third kappa shape index (κ3) is 3.37. The van der Waals surface area contributed by atoms with Crippen molar-refractivity contribution in [1.29, 1.82) is 0 Å². The smallest absolute Gasteiger partial charge is 0.163 e. The lowest BCUT2D eigenvalue weighted by Gasteiger charge is -2.21. The van der Waals surface area contributed by atoms with E-state index >= 15 is 0 Å². The van der Waals surface area contributed by atoms with Crippen LogP contribution in [0.25, 0.3) is 10.8 Å². The molecule has 3 aromatic carbocycles. The fourth-order valence-electron chi connectivity index (χ4n) is 2.46. The van der Waals surface area contributed by atoms with Crippen molar-refractivity contribution in [1.82, 2.24) is 0 Å². The van der Waals surface area contributed by atoms with Gasteiger partial charge in [0.05, 0.1) is 5.97 Å². The topological polar surface area (TPSA) is 49.4 Å². The number of carbonyl (C=O) groups is 1. The Morgan fingerprint density at radius 1 is 1.04 bits per heavy atom. The summed E-state index contributed by atoms with van der Waals surface area (Å²) in [5, 5.41) is 13.6. The van der Waals surface area contributed by atoms with E-state index in [1.165, 1.54) is 0 Å². The molecule has 4 heteroatoms. The van der Waals surface area contributed by atoms with Gasteiger partial charge in [-0.2, -0.15) is 0 Å². The third-order valence-corrected chi connectivity index (χ3v) is 4.56. The molecule has 116 valence electrons. The highest BCUT2D eigenvalue weighted by atomic mass is 79.9. The van der Waals surface area contributed by atoms with Crippen LogP contribution in [-0.4, -0.2) is 5.97 Å². The Kier molecular flexibility index (Phi) is 4.35. The number of hydrogen-bond donors (Lipinski definition) is 0. The summed E-state index contributed by atoms with van der Waals surface area (Å²) in [5.41, 5.74) is 1.50. The molecular weight excluding hydrogens is 356 g/mol. The molecule has 0 saturated heterocycles. The van der Waals surface area contributed by atoms with Gasteiger partial charge in [0.15, 0.2) is 6.10 Å². The predicted molar refractivity (Wildman–Crippen MR) is 91.2 cm³/mol. The van der Waals surface area contributed by atoms with Gasteiger partial charge in [-0.3, -0.25) is 0 Å². The third-order valence-electron chi connectivity index (χ3n) is 3.67. The number of benzene rings is 3. The zero-order chi connectivity index (χ0) is 16.4. The van der Waals surface area contributed by atoms with E-state index in [2.05, 4.69) is 15.9 Å². The first-order valence-corrected chi connectivity index (χ1v) is 7.96. The fraction of sp³-hybridized carbons (Fsp3) is 0.105. The van der Waals surface area contributed by atoms with Crippen LogP contribution < -0.4 is 9.84 Å². The van der Waals surface area contributed by atoms with Crippen molar-refractivity contribution in [2.75, 3.05) is 0 Å². The Hall–Kier alpha value is -2.33. The molecule has 0 saturated carbocycles. The first-order chi connectivity index (χ1) is 11.0. The minimum atomic E-state index is -1.26. The minimum absolute atomic E-state index is 0.499. The zero-order valence-electron chi connectivity index (χ0n) is 12.5. The predicted octanol–water partition coefficient (Wildman–Crippen LogP) is 3.78. The molecule has 1 unspecified atom stereocenters. The van der Waals surface area contributed by atoms with E-state index in [1.807, 2.05) is 49.4 Å². The average Bonchev–Trinajstić information content (AvgIpc) is 2.55. The summed E-state index contributed by atoms with van der Waals surface area (Å²) in [6.07, 6.45) is -1.15. The molecule has 3 aromatic rings. The van der Waals surface area contributed by atoms with Gasteiger partial charge in [-0.15, -0.1) is 0 Å². The van der Waals surface area contributed by atoms with Crippen molar-refractivity contribution >= 4 is 32.7 Å². The van der Waals surface area contributed by atoms with Crippen LogP contribution in [0.4, 0.5) is 0 Å². The second kappa shape index (κ2) is 6.42. The second-order valence-electron chi connectivity index (χ2n) is 5.33. The molecule has 0 N–H and O–H groups in total. The lowest BCUT2D eigenvalue weighted by atomic mass is 10.1. The lowest BCUT2D eigenvalue weighted by molar-refractivity contribution is -0.314.